The number of carbonyl (C=O) groups excluding carboxylic acids is 1. The third-order valence-electron chi connectivity index (χ3n) is 2.27. The van der Waals surface area contributed by atoms with Crippen molar-refractivity contribution in [3.63, 3.8) is 0 Å². The van der Waals surface area contributed by atoms with Crippen molar-refractivity contribution in [1.82, 2.24) is 15.3 Å². The van der Waals surface area contributed by atoms with Gasteiger partial charge in [-0.15, -0.1) is 0 Å². The van der Waals surface area contributed by atoms with Crippen molar-refractivity contribution in [2.45, 2.75) is 25.8 Å². The van der Waals surface area contributed by atoms with Crippen LogP contribution in [0.3, 0.4) is 0 Å². The lowest BCUT2D eigenvalue weighted by Gasteiger charge is -2.06. The molecule has 0 atom stereocenters. The maximum atomic E-state index is 11.4. The second-order valence-corrected chi connectivity index (χ2v) is 3.85. The SMILES string of the molecule is CCOc1ccnc(NCC(=O)NC2CC2)n1. The Balaban J connectivity index is 1.80. The van der Waals surface area contributed by atoms with Gasteiger partial charge in [-0.25, -0.2) is 4.98 Å². The molecule has 1 amide bonds. The molecule has 2 N–H and O–H groups in total. The van der Waals surface area contributed by atoms with Crippen LogP contribution in [-0.4, -0.2) is 35.1 Å². The minimum atomic E-state index is -0.0297. The average Bonchev–Trinajstić information content (AvgIpc) is 3.11. The Morgan fingerprint density at radius 3 is 3.12 bits per heavy atom. The zero-order valence-corrected chi connectivity index (χ0v) is 9.77. The normalized spacial score (nSPS) is 14.2. The first-order chi connectivity index (χ1) is 8.28. The van der Waals surface area contributed by atoms with Crippen molar-refractivity contribution in [2.75, 3.05) is 18.5 Å². The number of rotatable bonds is 6. The van der Waals surface area contributed by atoms with Crippen LogP contribution in [0.25, 0.3) is 0 Å². The van der Waals surface area contributed by atoms with Gasteiger partial charge in [0, 0.05) is 18.3 Å². The summed E-state index contributed by atoms with van der Waals surface area (Å²) in [6.45, 7) is 2.63. The van der Waals surface area contributed by atoms with Crippen LogP contribution in [0.15, 0.2) is 12.3 Å². The monoisotopic (exact) mass is 236 g/mol. The van der Waals surface area contributed by atoms with Crippen LogP contribution < -0.4 is 15.4 Å². The van der Waals surface area contributed by atoms with Gasteiger partial charge in [0.25, 0.3) is 0 Å². The van der Waals surface area contributed by atoms with Crippen LogP contribution in [-0.2, 0) is 4.79 Å². The fourth-order valence-corrected chi connectivity index (χ4v) is 1.32. The Labute approximate surface area is 99.8 Å². The van der Waals surface area contributed by atoms with Gasteiger partial charge < -0.3 is 15.4 Å². The quantitative estimate of drug-likeness (QED) is 0.755. The molecule has 0 bridgehead atoms. The lowest BCUT2D eigenvalue weighted by Crippen LogP contribution is -2.31. The Morgan fingerprint density at radius 1 is 1.59 bits per heavy atom. The number of hydrogen-bond acceptors (Lipinski definition) is 5. The Hall–Kier alpha value is -1.85. The minimum Gasteiger partial charge on any atom is -0.478 e. The van der Waals surface area contributed by atoms with Gasteiger partial charge in [-0.05, 0) is 19.8 Å². The molecule has 92 valence electrons. The third kappa shape index (κ3) is 3.90. The molecule has 0 unspecified atom stereocenters. The third-order valence-corrected chi connectivity index (χ3v) is 2.27. The highest BCUT2D eigenvalue weighted by Gasteiger charge is 2.22. The molecular formula is C11H16N4O2. The lowest BCUT2D eigenvalue weighted by molar-refractivity contribution is -0.119. The summed E-state index contributed by atoms with van der Waals surface area (Å²) >= 11 is 0. The number of ether oxygens (including phenoxy) is 1. The molecule has 1 aromatic heterocycles. The number of amides is 1. The van der Waals surface area contributed by atoms with Crippen molar-refractivity contribution in [3.8, 4) is 5.88 Å². The molecule has 1 heterocycles. The van der Waals surface area contributed by atoms with Crippen molar-refractivity contribution in [1.29, 1.82) is 0 Å². The van der Waals surface area contributed by atoms with Crippen LogP contribution in [0, 0.1) is 0 Å². The van der Waals surface area contributed by atoms with Crippen LogP contribution >= 0.6 is 0 Å². The lowest BCUT2D eigenvalue weighted by atomic mass is 10.5. The molecule has 1 saturated carbocycles. The maximum absolute atomic E-state index is 11.4. The highest BCUT2D eigenvalue weighted by Crippen LogP contribution is 2.18. The summed E-state index contributed by atoms with van der Waals surface area (Å²) in [6.07, 6.45) is 3.77. The second-order valence-electron chi connectivity index (χ2n) is 3.85. The summed E-state index contributed by atoms with van der Waals surface area (Å²) in [7, 11) is 0. The Bertz CT molecular complexity index is 393. The molecule has 1 aliphatic carbocycles. The van der Waals surface area contributed by atoms with Crippen molar-refractivity contribution in [3.05, 3.63) is 12.3 Å². The van der Waals surface area contributed by atoms with E-state index in [0.29, 0.717) is 24.5 Å². The van der Waals surface area contributed by atoms with Crippen LogP contribution in [0.2, 0.25) is 0 Å². The molecule has 0 spiro atoms. The molecule has 0 aliphatic heterocycles. The van der Waals surface area contributed by atoms with Gasteiger partial charge in [0.1, 0.15) is 0 Å². The van der Waals surface area contributed by atoms with E-state index in [0.717, 1.165) is 12.8 Å². The van der Waals surface area contributed by atoms with E-state index < -0.39 is 0 Å². The van der Waals surface area contributed by atoms with Crippen molar-refractivity contribution >= 4 is 11.9 Å². The molecule has 17 heavy (non-hydrogen) atoms. The van der Waals surface area contributed by atoms with E-state index in [1.807, 2.05) is 6.92 Å². The number of nitrogens with one attached hydrogen (secondary N) is 2. The molecule has 0 radical (unpaired) electrons. The Morgan fingerprint density at radius 2 is 2.41 bits per heavy atom. The predicted octanol–water partition coefficient (Wildman–Crippen LogP) is 0.566. The maximum Gasteiger partial charge on any atom is 0.239 e. The minimum absolute atomic E-state index is 0.0297. The largest absolute Gasteiger partial charge is 0.478 e. The zero-order valence-electron chi connectivity index (χ0n) is 9.77. The van der Waals surface area contributed by atoms with E-state index in [-0.39, 0.29) is 12.5 Å². The molecule has 2 rings (SSSR count). The zero-order chi connectivity index (χ0) is 12.1. The number of carbonyl (C=O) groups is 1. The predicted molar refractivity (Wildman–Crippen MR) is 62.9 cm³/mol. The standard InChI is InChI=1S/C11H16N4O2/c1-2-17-10-5-6-12-11(15-10)13-7-9(16)14-8-3-4-8/h5-6,8H,2-4,7H2,1H3,(H,14,16)(H,12,13,15). The fraction of sp³-hybridized carbons (Fsp3) is 0.545. The van der Waals surface area contributed by atoms with E-state index in [1.165, 1.54) is 0 Å². The summed E-state index contributed by atoms with van der Waals surface area (Å²) in [5.74, 6) is 0.882. The van der Waals surface area contributed by atoms with Gasteiger partial charge in [0.05, 0.1) is 13.2 Å². The van der Waals surface area contributed by atoms with Crippen molar-refractivity contribution < 1.29 is 9.53 Å². The van der Waals surface area contributed by atoms with Gasteiger partial charge in [0.15, 0.2) is 0 Å². The topological polar surface area (TPSA) is 76.1 Å². The van der Waals surface area contributed by atoms with Crippen LogP contribution in [0.5, 0.6) is 5.88 Å². The second kappa shape index (κ2) is 5.47. The van der Waals surface area contributed by atoms with Gasteiger partial charge >= 0.3 is 0 Å². The highest BCUT2D eigenvalue weighted by molar-refractivity contribution is 5.80. The van der Waals surface area contributed by atoms with E-state index in [4.69, 9.17) is 4.74 Å². The number of hydrogen-bond donors (Lipinski definition) is 2. The summed E-state index contributed by atoms with van der Waals surface area (Å²) in [5.41, 5.74) is 0. The van der Waals surface area contributed by atoms with E-state index in [2.05, 4.69) is 20.6 Å². The van der Waals surface area contributed by atoms with E-state index >= 15 is 0 Å². The van der Waals surface area contributed by atoms with Gasteiger partial charge in [-0.3, -0.25) is 4.79 Å². The first-order valence-corrected chi connectivity index (χ1v) is 5.77. The van der Waals surface area contributed by atoms with Gasteiger partial charge in [0.2, 0.25) is 17.7 Å². The summed E-state index contributed by atoms with van der Waals surface area (Å²) in [5, 5.41) is 5.74. The molecular weight excluding hydrogens is 220 g/mol. The first-order valence-electron chi connectivity index (χ1n) is 5.77. The summed E-state index contributed by atoms with van der Waals surface area (Å²) in [6, 6.07) is 2.05. The van der Waals surface area contributed by atoms with Crippen LogP contribution in [0.1, 0.15) is 19.8 Å². The van der Waals surface area contributed by atoms with E-state index in [1.54, 1.807) is 12.3 Å². The number of aromatic nitrogens is 2. The Kier molecular flexibility index (Phi) is 3.74. The number of nitrogens with zero attached hydrogens (tertiary/aromatic N) is 2. The summed E-state index contributed by atoms with van der Waals surface area (Å²) < 4.78 is 5.24. The van der Waals surface area contributed by atoms with Gasteiger partial charge in [-0.1, -0.05) is 0 Å². The first kappa shape index (κ1) is 11.6. The molecule has 0 saturated heterocycles. The van der Waals surface area contributed by atoms with Crippen molar-refractivity contribution in [2.24, 2.45) is 0 Å². The molecule has 0 aromatic carbocycles. The highest BCUT2D eigenvalue weighted by atomic mass is 16.5. The molecule has 1 aliphatic rings. The molecule has 6 heteroatoms. The smallest absolute Gasteiger partial charge is 0.239 e. The number of anilines is 1. The molecule has 1 fully saturated rings. The molecule has 1 aromatic rings. The molecule has 6 nitrogen and oxygen atoms in total. The average molecular weight is 236 g/mol. The fourth-order valence-electron chi connectivity index (χ4n) is 1.32. The summed E-state index contributed by atoms with van der Waals surface area (Å²) in [4.78, 5) is 19.5. The van der Waals surface area contributed by atoms with E-state index in [9.17, 15) is 4.79 Å². The van der Waals surface area contributed by atoms with Crippen LogP contribution in [0.4, 0.5) is 5.95 Å². The van der Waals surface area contributed by atoms with Gasteiger partial charge in [-0.2, -0.15) is 4.98 Å².